The fraction of sp³-hybridized carbons (Fsp3) is 0.125. The first-order valence-corrected chi connectivity index (χ1v) is 3.69. The fourth-order valence-corrected chi connectivity index (χ4v) is 0.993. The zero-order valence-corrected chi connectivity index (χ0v) is 7.49. The summed E-state index contributed by atoms with van der Waals surface area (Å²) in [6, 6.07) is 1.41. The molecule has 7 heteroatoms. The molecule has 0 N–H and O–H groups in total. The maximum Gasteiger partial charge on any atom is 0.345 e. The highest BCUT2D eigenvalue weighted by Crippen LogP contribution is 2.25. The highest BCUT2D eigenvalue weighted by Gasteiger charge is 2.28. The van der Waals surface area contributed by atoms with Gasteiger partial charge in [0.1, 0.15) is 5.56 Å². The molecule has 1 rings (SSSR count). The van der Waals surface area contributed by atoms with Gasteiger partial charge in [0.05, 0.1) is 12.0 Å². The number of esters is 1. The average Bonchev–Trinajstić information content (AvgIpc) is 2.20. The number of hydrogen-bond acceptors (Lipinski definition) is 4. The van der Waals surface area contributed by atoms with E-state index < -0.39 is 33.8 Å². The molecule has 5 nitrogen and oxygen atoms in total. The highest BCUT2D eigenvalue weighted by atomic mass is 19.2. The van der Waals surface area contributed by atoms with Crippen LogP contribution in [-0.2, 0) is 4.74 Å². The van der Waals surface area contributed by atoms with Gasteiger partial charge in [-0.3, -0.25) is 10.1 Å². The van der Waals surface area contributed by atoms with Crippen molar-refractivity contribution in [2.45, 2.75) is 0 Å². The minimum Gasteiger partial charge on any atom is -0.465 e. The van der Waals surface area contributed by atoms with Crippen molar-refractivity contribution in [1.82, 2.24) is 0 Å². The Balaban J connectivity index is 3.46. The Hall–Kier alpha value is -2.05. The van der Waals surface area contributed by atoms with Crippen molar-refractivity contribution in [2.75, 3.05) is 7.11 Å². The average molecular weight is 217 g/mol. The Morgan fingerprint density at radius 2 is 2.07 bits per heavy atom. The normalized spacial score (nSPS) is 9.80. The smallest absolute Gasteiger partial charge is 0.345 e. The standard InChI is InChI=1S/C8H5F2NO4/c1-15-8(12)4-2-3-5(9)6(10)7(4)11(13)14/h2-3H,1H3. The topological polar surface area (TPSA) is 69.4 Å². The minimum absolute atomic E-state index is 0.620. The van der Waals surface area contributed by atoms with Crippen LogP contribution in [0.25, 0.3) is 0 Å². The van der Waals surface area contributed by atoms with Gasteiger partial charge < -0.3 is 4.74 Å². The lowest BCUT2D eigenvalue weighted by Gasteiger charge is -2.01. The predicted molar refractivity (Wildman–Crippen MR) is 44.4 cm³/mol. The second kappa shape index (κ2) is 3.99. The van der Waals surface area contributed by atoms with Gasteiger partial charge >= 0.3 is 11.7 Å². The fourth-order valence-electron chi connectivity index (χ4n) is 0.993. The first kappa shape index (κ1) is 11.0. The quantitative estimate of drug-likeness (QED) is 0.429. The molecule has 0 amide bonds. The molecule has 0 bridgehead atoms. The van der Waals surface area contributed by atoms with E-state index in [1.54, 1.807) is 0 Å². The molecule has 1 aromatic carbocycles. The Bertz CT molecular complexity index is 433. The second-order valence-corrected chi connectivity index (χ2v) is 2.51. The summed E-state index contributed by atoms with van der Waals surface area (Å²) in [5.41, 5.74) is -1.84. The highest BCUT2D eigenvalue weighted by molar-refractivity contribution is 5.93. The van der Waals surface area contributed by atoms with E-state index in [4.69, 9.17) is 0 Å². The molecule has 0 unspecified atom stereocenters. The lowest BCUT2D eigenvalue weighted by molar-refractivity contribution is -0.388. The summed E-state index contributed by atoms with van der Waals surface area (Å²) >= 11 is 0. The summed E-state index contributed by atoms with van der Waals surface area (Å²) in [4.78, 5) is 20.2. The number of rotatable bonds is 2. The van der Waals surface area contributed by atoms with Crippen molar-refractivity contribution in [3.63, 3.8) is 0 Å². The number of nitro benzene ring substituents is 1. The van der Waals surface area contributed by atoms with Crippen LogP contribution in [0.15, 0.2) is 12.1 Å². The van der Waals surface area contributed by atoms with Crippen molar-refractivity contribution < 1.29 is 23.2 Å². The maximum atomic E-state index is 13.0. The number of benzene rings is 1. The molecule has 0 aliphatic carbocycles. The number of nitro groups is 1. The molecule has 0 atom stereocenters. The van der Waals surface area contributed by atoms with E-state index >= 15 is 0 Å². The van der Waals surface area contributed by atoms with Crippen molar-refractivity contribution >= 4 is 11.7 Å². The van der Waals surface area contributed by atoms with Crippen LogP contribution in [0.2, 0.25) is 0 Å². The summed E-state index contributed by atoms with van der Waals surface area (Å²) in [5, 5.41) is 10.4. The number of hydrogen-bond donors (Lipinski definition) is 0. The van der Waals surface area contributed by atoms with E-state index in [-0.39, 0.29) is 0 Å². The third kappa shape index (κ3) is 1.90. The van der Waals surface area contributed by atoms with Crippen LogP contribution in [0.4, 0.5) is 14.5 Å². The third-order valence-electron chi connectivity index (χ3n) is 1.66. The molecule has 0 saturated carbocycles. The molecule has 0 fully saturated rings. The SMILES string of the molecule is COC(=O)c1ccc(F)c(F)c1[N+](=O)[O-]. The van der Waals surface area contributed by atoms with Crippen molar-refractivity contribution in [3.8, 4) is 0 Å². The first-order chi connectivity index (χ1) is 6.99. The Morgan fingerprint density at radius 1 is 1.47 bits per heavy atom. The molecule has 15 heavy (non-hydrogen) atoms. The number of ether oxygens (including phenoxy) is 1. The van der Waals surface area contributed by atoms with E-state index in [1.807, 2.05) is 0 Å². The summed E-state index contributed by atoms with van der Waals surface area (Å²) in [7, 11) is 0.979. The van der Waals surface area contributed by atoms with Gasteiger partial charge in [0, 0.05) is 0 Å². The summed E-state index contributed by atoms with van der Waals surface area (Å²) < 4.78 is 29.8. The van der Waals surface area contributed by atoms with E-state index in [0.717, 1.165) is 13.2 Å². The number of carbonyl (C=O) groups is 1. The van der Waals surface area contributed by atoms with Gasteiger partial charge in [-0.05, 0) is 12.1 Å². The Morgan fingerprint density at radius 3 is 2.53 bits per heavy atom. The lowest BCUT2D eigenvalue weighted by Crippen LogP contribution is -2.08. The van der Waals surface area contributed by atoms with Crippen molar-refractivity contribution in [2.24, 2.45) is 0 Å². The molecule has 0 aliphatic heterocycles. The number of halogens is 2. The third-order valence-corrected chi connectivity index (χ3v) is 1.66. The van der Waals surface area contributed by atoms with Crippen LogP contribution in [0.1, 0.15) is 10.4 Å². The van der Waals surface area contributed by atoms with Crippen LogP contribution < -0.4 is 0 Å². The minimum atomic E-state index is -1.68. The number of carbonyl (C=O) groups excluding carboxylic acids is 1. The van der Waals surface area contributed by atoms with E-state index in [9.17, 15) is 23.7 Å². The summed E-state index contributed by atoms with van der Waals surface area (Å²) in [6.45, 7) is 0. The predicted octanol–water partition coefficient (Wildman–Crippen LogP) is 1.66. The molecule has 0 aromatic heterocycles. The largest absolute Gasteiger partial charge is 0.465 e. The Labute approximate surface area is 82.4 Å². The van der Waals surface area contributed by atoms with Gasteiger partial charge in [0.25, 0.3) is 0 Å². The van der Waals surface area contributed by atoms with Crippen LogP contribution >= 0.6 is 0 Å². The van der Waals surface area contributed by atoms with Crippen LogP contribution in [0.5, 0.6) is 0 Å². The van der Waals surface area contributed by atoms with Gasteiger partial charge in [-0.2, -0.15) is 4.39 Å². The summed E-state index contributed by atoms with van der Waals surface area (Å²) in [6.07, 6.45) is 0. The van der Waals surface area contributed by atoms with Gasteiger partial charge in [-0.15, -0.1) is 0 Å². The monoisotopic (exact) mass is 217 g/mol. The second-order valence-electron chi connectivity index (χ2n) is 2.51. The number of nitrogens with zero attached hydrogens (tertiary/aromatic N) is 1. The molecule has 0 aliphatic rings. The molecule has 80 valence electrons. The molecule has 1 aromatic rings. The van der Waals surface area contributed by atoms with Crippen molar-refractivity contribution in [3.05, 3.63) is 39.4 Å². The van der Waals surface area contributed by atoms with E-state index in [2.05, 4.69) is 4.74 Å². The molecule has 0 spiro atoms. The van der Waals surface area contributed by atoms with Crippen LogP contribution in [0.3, 0.4) is 0 Å². The van der Waals surface area contributed by atoms with Crippen molar-refractivity contribution in [1.29, 1.82) is 0 Å². The van der Waals surface area contributed by atoms with Crippen LogP contribution in [-0.4, -0.2) is 18.0 Å². The molecule has 0 heterocycles. The van der Waals surface area contributed by atoms with E-state index in [1.165, 1.54) is 0 Å². The first-order valence-electron chi connectivity index (χ1n) is 3.69. The zero-order chi connectivity index (χ0) is 11.6. The maximum absolute atomic E-state index is 13.0. The zero-order valence-electron chi connectivity index (χ0n) is 7.49. The summed E-state index contributed by atoms with van der Waals surface area (Å²) in [5.74, 6) is -4.17. The van der Waals surface area contributed by atoms with Gasteiger partial charge in [0.2, 0.25) is 5.82 Å². The van der Waals surface area contributed by atoms with Gasteiger partial charge in [-0.1, -0.05) is 0 Å². The molecular formula is C8H5F2NO4. The molecular weight excluding hydrogens is 212 g/mol. The Kier molecular flexibility index (Phi) is 2.93. The molecule has 0 radical (unpaired) electrons. The molecule has 0 saturated heterocycles. The lowest BCUT2D eigenvalue weighted by atomic mass is 10.1. The van der Waals surface area contributed by atoms with Gasteiger partial charge in [0.15, 0.2) is 5.82 Å². The van der Waals surface area contributed by atoms with Crippen LogP contribution in [0, 0.1) is 21.7 Å². The number of methoxy groups -OCH3 is 1. The van der Waals surface area contributed by atoms with E-state index in [0.29, 0.717) is 6.07 Å². The van der Waals surface area contributed by atoms with Gasteiger partial charge in [-0.25, -0.2) is 9.18 Å².